The molecule has 3 rings (SSSR count). The monoisotopic (exact) mass is 355 g/mol. The summed E-state index contributed by atoms with van der Waals surface area (Å²) >= 11 is 0. The maximum atomic E-state index is 12.6. The Hall–Kier alpha value is -2.51. The van der Waals surface area contributed by atoms with Gasteiger partial charge in [-0.3, -0.25) is 9.78 Å². The van der Waals surface area contributed by atoms with Gasteiger partial charge in [0, 0.05) is 42.7 Å². The Bertz CT molecular complexity index is 711. The average molecular weight is 355 g/mol. The number of anilines is 2. The maximum Gasteiger partial charge on any atom is 0.251 e. The number of ether oxygens (including phenoxy) is 1. The molecule has 1 saturated heterocycles. The summed E-state index contributed by atoms with van der Waals surface area (Å²) in [6.45, 7) is 3.18. The number of methoxy groups -OCH3 is 1. The van der Waals surface area contributed by atoms with Crippen molar-refractivity contribution in [1.29, 1.82) is 0 Å². The summed E-state index contributed by atoms with van der Waals surface area (Å²) in [5.74, 6) is 0.556. The molecule has 138 valence electrons. The van der Waals surface area contributed by atoms with Gasteiger partial charge < -0.3 is 20.7 Å². The lowest BCUT2D eigenvalue weighted by molar-refractivity contribution is 0.0512. The molecule has 1 aromatic heterocycles. The second-order valence-corrected chi connectivity index (χ2v) is 6.66. The van der Waals surface area contributed by atoms with E-state index in [1.807, 2.05) is 24.3 Å². The number of hydrogen-bond donors (Lipinski definition) is 3. The largest absolute Gasteiger partial charge is 0.384 e. The van der Waals surface area contributed by atoms with Gasteiger partial charge >= 0.3 is 0 Å². The molecule has 0 radical (unpaired) electrons. The Labute approximate surface area is 153 Å². The van der Waals surface area contributed by atoms with Crippen LogP contribution in [0.3, 0.4) is 0 Å². The zero-order valence-corrected chi connectivity index (χ0v) is 15.0. The van der Waals surface area contributed by atoms with Crippen LogP contribution in [0.5, 0.6) is 0 Å². The van der Waals surface area contributed by atoms with Gasteiger partial charge in [-0.1, -0.05) is 6.07 Å². The van der Waals surface area contributed by atoms with E-state index in [1.165, 1.54) is 0 Å². The fourth-order valence-corrected chi connectivity index (χ4v) is 3.25. The van der Waals surface area contributed by atoms with Crippen LogP contribution in [0.4, 0.5) is 11.5 Å². The van der Waals surface area contributed by atoms with Crippen molar-refractivity contribution in [1.82, 2.24) is 20.6 Å². The minimum absolute atomic E-state index is 0.00511. The molecule has 1 fully saturated rings. The number of nitrogens with one attached hydrogen (secondary N) is 3. The van der Waals surface area contributed by atoms with Crippen molar-refractivity contribution in [2.45, 2.75) is 12.8 Å². The molecule has 3 N–H and O–H groups in total. The number of carbonyl (C=O) groups is 1. The average Bonchev–Trinajstić information content (AvgIpc) is 2.68. The number of carbonyl (C=O) groups excluding carboxylic acids is 1. The number of benzene rings is 1. The standard InChI is InChI=1S/C19H25N5O2/c1-26-14-19(5-7-20-8-6-19)13-23-18(25)15-3-2-4-16(11-15)24-17-12-21-9-10-22-17/h2-4,9-12,20H,5-8,13-14H2,1H3,(H,22,24)(H,23,25). The van der Waals surface area contributed by atoms with Crippen molar-refractivity contribution in [3.05, 3.63) is 48.4 Å². The lowest BCUT2D eigenvalue weighted by Crippen LogP contribution is -2.47. The number of nitrogens with zero attached hydrogens (tertiary/aromatic N) is 2. The molecule has 0 aliphatic carbocycles. The van der Waals surface area contributed by atoms with Crippen LogP contribution >= 0.6 is 0 Å². The van der Waals surface area contributed by atoms with Crippen molar-refractivity contribution in [2.24, 2.45) is 5.41 Å². The van der Waals surface area contributed by atoms with Gasteiger partial charge in [0.1, 0.15) is 5.82 Å². The van der Waals surface area contributed by atoms with Crippen LogP contribution < -0.4 is 16.0 Å². The van der Waals surface area contributed by atoms with E-state index >= 15 is 0 Å². The predicted molar refractivity (Wildman–Crippen MR) is 101 cm³/mol. The molecule has 0 spiro atoms. The Morgan fingerprint density at radius 3 is 2.88 bits per heavy atom. The van der Waals surface area contributed by atoms with Crippen LogP contribution in [0.2, 0.25) is 0 Å². The van der Waals surface area contributed by atoms with E-state index in [0.717, 1.165) is 31.6 Å². The van der Waals surface area contributed by atoms with Gasteiger partial charge in [-0.2, -0.15) is 0 Å². The third kappa shape index (κ3) is 4.77. The highest BCUT2D eigenvalue weighted by molar-refractivity contribution is 5.95. The maximum absolute atomic E-state index is 12.6. The lowest BCUT2D eigenvalue weighted by Gasteiger charge is -2.37. The van der Waals surface area contributed by atoms with Gasteiger partial charge in [0.2, 0.25) is 0 Å². The zero-order chi connectivity index (χ0) is 18.2. The highest BCUT2D eigenvalue weighted by atomic mass is 16.5. The van der Waals surface area contributed by atoms with E-state index in [9.17, 15) is 4.79 Å². The Kier molecular flexibility index (Phi) is 6.14. The summed E-state index contributed by atoms with van der Waals surface area (Å²) in [4.78, 5) is 20.8. The summed E-state index contributed by atoms with van der Waals surface area (Å²) in [5.41, 5.74) is 1.41. The third-order valence-electron chi connectivity index (χ3n) is 4.70. The second-order valence-electron chi connectivity index (χ2n) is 6.66. The molecule has 1 amide bonds. The molecule has 26 heavy (non-hydrogen) atoms. The molecule has 0 bridgehead atoms. The van der Waals surface area contributed by atoms with Gasteiger partial charge in [0.05, 0.1) is 12.8 Å². The quantitative estimate of drug-likeness (QED) is 0.704. The molecule has 1 aliphatic heterocycles. The number of piperidine rings is 1. The van der Waals surface area contributed by atoms with Crippen LogP contribution in [0, 0.1) is 5.41 Å². The molecule has 7 heteroatoms. The molecule has 1 aliphatic rings. The van der Waals surface area contributed by atoms with Gasteiger partial charge in [0.15, 0.2) is 0 Å². The second kappa shape index (κ2) is 8.73. The summed E-state index contributed by atoms with van der Waals surface area (Å²) in [6.07, 6.45) is 6.86. The fourth-order valence-electron chi connectivity index (χ4n) is 3.25. The molecular weight excluding hydrogens is 330 g/mol. The predicted octanol–water partition coefficient (Wildman–Crippen LogP) is 1.97. The number of amides is 1. The van der Waals surface area contributed by atoms with Gasteiger partial charge in [-0.15, -0.1) is 0 Å². The van der Waals surface area contributed by atoms with E-state index in [1.54, 1.807) is 25.7 Å². The van der Waals surface area contributed by atoms with Crippen LogP contribution in [-0.4, -0.2) is 49.2 Å². The minimum atomic E-state index is -0.0817. The Morgan fingerprint density at radius 2 is 2.15 bits per heavy atom. The van der Waals surface area contributed by atoms with Crippen molar-refractivity contribution >= 4 is 17.4 Å². The SMILES string of the molecule is COCC1(CNC(=O)c2cccc(Nc3cnccn3)c2)CCNCC1. The molecular formula is C19H25N5O2. The normalized spacial score (nSPS) is 16.0. The smallest absolute Gasteiger partial charge is 0.251 e. The Balaban J connectivity index is 1.63. The lowest BCUT2D eigenvalue weighted by atomic mass is 9.79. The summed E-state index contributed by atoms with van der Waals surface area (Å²) < 4.78 is 5.41. The van der Waals surface area contributed by atoms with Crippen LogP contribution in [-0.2, 0) is 4.74 Å². The first-order valence-electron chi connectivity index (χ1n) is 8.82. The van der Waals surface area contributed by atoms with E-state index in [-0.39, 0.29) is 11.3 Å². The molecule has 0 atom stereocenters. The minimum Gasteiger partial charge on any atom is -0.384 e. The van der Waals surface area contributed by atoms with E-state index in [4.69, 9.17) is 4.74 Å². The van der Waals surface area contributed by atoms with Crippen molar-refractivity contribution < 1.29 is 9.53 Å². The third-order valence-corrected chi connectivity index (χ3v) is 4.70. The molecule has 2 heterocycles. The van der Waals surface area contributed by atoms with E-state index in [2.05, 4.69) is 25.9 Å². The molecule has 7 nitrogen and oxygen atoms in total. The first-order valence-corrected chi connectivity index (χ1v) is 8.82. The highest BCUT2D eigenvalue weighted by Gasteiger charge is 2.32. The van der Waals surface area contributed by atoms with E-state index < -0.39 is 0 Å². The summed E-state index contributed by atoms with van der Waals surface area (Å²) in [5, 5.41) is 9.59. The molecule has 2 aromatic rings. The van der Waals surface area contributed by atoms with Gasteiger partial charge in [-0.05, 0) is 44.1 Å². The van der Waals surface area contributed by atoms with Gasteiger partial charge in [0.25, 0.3) is 5.91 Å². The van der Waals surface area contributed by atoms with Crippen molar-refractivity contribution in [3.63, 3.8) is 0 Å². The molecule has 1 aromatic carbocycles. The fraction of sp³-hybridized carbons (Fsp3) is 0.421. The van der Waals surface area contributed by atoms with Crippen LogP contribution in [0.15, 0.2) is 42.9 Å². The number of aromatic nitrogens is 2. The number of hydrogen-bond acceptors (Lipinski definition) is 6. The van der Waals surface area contributed by atoms with Crippen LogP contribution in [0.25, 0.3) is 0 Å². The summed E-state index contributed by atoms with van der Waals surface area (Å²) in [7, 11) is 1.72. The molecule has 0 unspecified atom stereocenters. The van der Waals surface area contributed by atoms with Crippen molar-refractivity contribution in [3.8, 4) is 0 Å². The first-order chi connectivity index (χ1) is 12.7. The summed E-state index contributed by atoms with van der Waals surface area (Å²) in [6, 6.07) is 7.37. The van der Waals surface area contributed by atoms with Crippen molar-refractivity contribution in [2.75, 3.05) is 38.7 Å². The molecule has 0 saturated carbocycles. The zero-order valence-electron chi connectivity index (χ0n) is 15.0. The Morgan fingerprint density at radius 1 is 1.31 bits per heavy atom. The van der Waals surface area contributed by atoms with Gasteiger partial charge in [-0.25, -0.2) is 4.98 Å². The van der Waals surface area contributed by atoms with E-state index in [0.29, 0.717) is 24.5 Å². The highest BCUT2D eigenvalue weighted by Crippen LogP contribution is 2.28. The van der Waals surface area contributed by atoms with Crippen LogP contribution in [0.1, 0.15) is 23.2 Å². The topological polar surface area (TPSA) is 88.2 Å². The first kappa shape index (κ1) is 18.3. The number of rotatable bonds is 7.